The average Bonchev–Trinajstić information content (AvgIpc) is 1.83. The molecule has 1 rings (SSSR count). The van der Waals surface area contributed by atoms with Crippen molar-refractivity contribution in [2.24, 2.45) is 0 Å². The monoisotopic (exact) mass is 154 g/mol. The molecule has 5 heteroatoms. The van der Waals surface area contributed by atoms with Crippen LogP contribution in [-0.4, -0.2) is 18.1 Å². The van der Waals surface area contributed by atoms with Crippen molar-refractivity contribution in [3.8, 4) is 0 Å². The Morgan fingerprint density at radius 1 is 1.30 bits per heavy atom. The third-order valence-corrected chi connectivity index (χ3v) is 1.24. The molecule has 0 atom stereocenters. The normalized spacial score (nSPS) is 26.6. The summed E-state index contributed by atoms with van der Waals surface area (Å²) in [5.41, 5.74) is -1.14. The highest BCUT2D eigenvalue weighted by molar-refractivity contribution is 5.80. The van der Waals surface area contributed by atoms with E-state index in [-0.39, 0.29) is 12.4 Å². The summed E-state index contributed by atoms with van der Waals surface area (Å²) >= 11 is 0. The molecule has 0 saturated heterocycles. The zero-order valence-corrected chi connectivity index (χ0v) is 4.57. The molecule has 56 valence electrons. The predicted molar refractivity (Wildman–Crippen MR) is 24.0 cm³/mol. The lowest BCUT2D eigenvalue weighted by molar-refractivity contribution is -0.180. The molecule has 0 aromatic rings. The van der Waals surface area contributed by atoms with Gasteiger partial charge in [0.2, 0.25) is 0 Å². The van der Waals surface area contributed by atoms with Crippen molar-refractivity contribution in [1.29, 1.82) is 0 Å². The molecule has 0 aromatic heterocycles. The second kappa shape index (κ2) is 1.59. The summed E-state index contributed by atoms with van der Waals surface area (Å²) in [5, 5.41) is 0. The second-order valence-corrected chi connectivity index (χ2v) is 1.91. The summed E-state index contributed by atoms with van der Waals surface area (Å²) in [6.45, 7) is 0. The van der Waals surface area contributed by atoms with Gasteiger partial charge in [-0.05, 0) is 0 Å². The maximum atomic E-state index is 11.9. The number of allylic oxidation sites excluding steroid dienone is 2. The molecule has 0 fully saturated rings. The fraction of sp³-hybridized carbons (Fsp3) is 0.400. The van der Waals surface area contributed by atoms with Crippen molar-refractivity contribution in [1.82, 2.24) is 0 Å². The van der Waals surface area contributed by atoms with Gasteiger partial charge in [0.1, 0.15) is 0 Å². The molecule has 1 aliphatic carbocycles. The fourth-order valence-electron chi connectivity index (χ4n) is 0.599. The van der Waals surface area contributed by atoms with Gasteiger partial charge in [0, 0.05) is 6.08 Å². The third kappa shape index (κ3) is 0.600. The van der Waals surface area contributed by atoms with Crippen molar-refractivity contribution in [2.75, 3.05) is 0 Å². The van der Waals surface area contributed by atoms with Gasteiger partial charge in [-0.15, -0.1) is 0 Å². The van der Waals surface area contributed by atoms with Crippen molar-refractivity contribution >= 4 is 6.29 Å². The van der Waals surface area contributed by atoms with Crippen molar-refractivity contribution in [3.05, 3.63) is 11.6 Å². The fourth-order valence-corrected chi connectivity index (χ4v) is 0.599. The van der Waals surface area contributed by atoms with E-state index in [1.165, 1.54) is 0 Å². The first kappa shape index (κ1) is 7.24. The molecule has 0 bridgehead atoms. The maximum Gasteiger partial charge on any atom is 0.342 e. The van der Waals surface area contributed by atoms with E-state index >= 15 is 0 Å². The standard InChI is InChI=1S/C5H2F4O/c6-4(7)1-3(2-10)5(4,8)9/h1-2H. The number of carbonyl (C=O) groups is 1. The van der Waals surface area contributed by atoms with Gasteiger partial charge < -0.3 is 0 Å². The number of carbonyl (C=O) groups excluding carboxylic acids is 1. The van der Waals surface area contributed by atoms with E-state index in [1.54, 1.807) is 0 Å². The lowest BCUT2D eigenvalue weighted by atomic mass is 9.90. The van der Waals surface area contributed by atoms with Crippen LogP contribution < -0.4 is 0 Å². The van der Waals surface area contributed by atoms with Crippen LogP contribution in [0.4, 0.5) is 17.6 Å². The molecular weight excluding hydrogens is 152 g/mol. The summed E-state index contributed by atoms with van der Waals surface area (Å²) in [5.74, 6) is -8.39. The van der Waals surface area contributed by atoms with Gasteiger partial charge in [0.15, 0.2) is 6.29 Å². The highest BCUT2D eigenvalue weighted by atomic mass is 19.3. The molecule has 1 aliphatic rings. The molecule has 0 saturated carbocycles. The molecule has 0 heterocycles. The van der Waals surface area contributed by atoms with E-state index in [0.717, 1.165) is 0 Å². The van der Waals surface area contributed by atoms with Crippen LogP contribution in [0.25, 0.3) is 0 Å². The maximum absolute atomic E-state index is 11.9. The number of hydrogen-bond donors (Lipinski definition) is 0. The zero-order chi connectivity index (χ0) is 7.99. The Labute approximate surface area is 53.3 Å². The first-order valence-corrected chi connectivity index (χ1v) is 2.36. The summed E-state index contributed by atoms with van der Waals surface area (Å²) in [6, 6.07) is 0. The molecule has 0 radical (unpaired) electrons. The van der Waals surface area contributed by atoms with Crippen LogP contribution in [0.15, 0.2) is 11.6 Å². The highest BCUT2D eigenvalue weighted by Gasteiger charge is 2.65. The predicted octanol–water partition coefficient (Wildman–Crippen LogP) is 1.40. The number of halogens is 4. The average molecular weight is 154 g/mol. The first-order valence-electron chi connectivity index (χ1n) is 2.36. The van der Waals surface area contributed by atoms with Crippen molar-refractivity contribution in [2.45, 2.75) is 11.8 Å². The molecule has 0 N–H and O–H groups in total. The highest BCUT2D eigenvalue weighted by Crippen LogP contribution is 2.48. The largest absolute Gasteiger partial charge is 0.342 e. The zero-order valence-electron chi connectivity index (χ0n) is 4.57. The summed E-state index contributed by atoms with van der Waals surface area (Å²) < 4.78 is 47.4. The van der Waals surface area contributed by atoms with Crippen molar-refractivity contribution in [3.63, 3.8) is 0 Å². The smallest absolute Gasteiger partial charge is 0.298 e. The van der Waals surface area contributed by atoms with E-state index in [1.807, 2.05) is 0 Å². The SMILES string of the molecule is O=CC1=CC(F)(F)C1(F)F. The third-order valence-electron chi connectivity index (χ3n) is 1.24. The van der Waals surface area contributed by atoms with E-state index in [2.05, 4.69) is 0 Å². The molecule has 0 aromatic carbocycles. The lowest BCUT2D eigenvalue weighted by Crippen LogP contribution is -2.49. The number of hydrogen-bond acceptors (Lipinski definition) is 1. The topological polar surface area (TPSA) is 17.1 Å². The Morgan fingerprint density at radius 2 is 1.80 bits per heavy atom. The van der Waals surface area contributed by atoms with E-state index in [4.69, 9.17) is 0 Å². The quantitative estimate of drug-likeness (QED) is 0.412. The van der Waals surface area contributed by atoms with Gasteiger partial charge in [-0.25, -0.2) is 0 Å². The molecule has 0 spiro atoms. The Balaban J connectivity index is 2.98. The van der Waals surface area contributed by atoms with Gasteiger partial charge in [-0.2, -0.15) is 17.6 Å². The van der Waals surface area contributed by atoms with Crippen LogP contribution in [0.2, 0.25) is 0 Å². The molecule has 10 heavy (non-hydrogen) atoms. The van der Waals surface area contributed by atoms with E-state index < -0.39 is 17.4 Å². The molecule has 0 unspecified atom stereocenters. The number of rotatable bonds is 1. The Kier molecular flexibility index (Phi) is 1.15. The molecule has 0 aliphatic heterocycles. The van der Waals surface area contributed by atoms with Crippen LogP contribution in [0.5, 0.6) is 0 Å². The minimum absolute atomic E-state index is 0.0417. The van der Waals surface area contributed by atoms with E-state index in [9.17, 15) is 22.4 Å². The lowest BCUT2D eigenvalue weighted by Gasteiger charge is -2.31. The number of aldehydes is 1. The minimum atomic E-state index is -4.26. The van der Waals surface area contributed by atoms with Gasteiger partial charge in [-0.1, -0.05) is 0 Å². The summed E-state index contributed by atoms with van der Waals surface area (Å²) in [6.07, 6.45) is -0.308. The van der Waals surface area contributed by atoms with Crippen LogP contribution in [0, 0.1) is 0 Å². The Bertz CT molecular complexity index is 206. The molecular formula is C5H2F4O. The molecule has 1 nitrogen and oxygen atoms in total. The first-order chi connectivity index (χ1) is 4.42. The van der Waals surface area contributed by atoms with Gasteiger partial charge in [0.25, 0.3) is 0 Å². The van der Waals surface area contributed by atoms with Crippen LogP contribution in [0.3, 0.4) is 0 Å². The van der Waals surface area contributed by atoms with Gasteiger partial charge in [-0.3, -0.25) is 4.79 Å². The van der Waals surface area contributed by atoms with Gasteiger partial charge >= 0.3 is 11.8 Å². The Morgan fingerprint density at radius 3 is 1.90 bits per heavy atom. The van der Waals surface area contributed by atoms with Crippen LogP contribution >= 0.6 is 0 Å². The molecule has 0 amide bonds. The van der Waals surface area contributed by atoms with Crippen LogP contribution in [0.1, 0.15) is 0 Å². The van der Waals surface area contributed by atoms with Crippen molar-refractivity contribution < 1.29 is 22.4 Å². The summed E-state index contributed by atoms with van der Waals surface area (Å²) in [7, 11) is 0. The minimum Gasteiger partial charge on any atom is -0.298 e. The number of alkyl halides is 4. The van der Waals surface area contributed by atoms with Gasteiger partial charge in [0.05, 0.1) is 5.57 Å². The summed E-state index contributed by atoms with van der Waals surface area (Å²) in [4.78, 5) is 9.61. The van der Waals surface area contributed by atoms with E-state index in [0.29, 0.717) is 0 Å². The Hall–Kier alpha value is -0.870. The van der Waals surface area contributed by atoms with Crippen LogP contribution in [-0.2, 0) is 4.79 Å². The second-order valence-electron chi connectivity index (χ2n) is 1.91.